The molecule has 0 spiro atoms. The molecule has 4 aromatic rings. The predicted octanol–water partition coefficient (Wildman–Crippen LogP) is 5.55. The van der Waals surface area contributed by atoms with E-state index in [2.05, 4.69) is 4.72 Å². The lowest BCUT2D eigenvalue weighted by molar-refractivity contribution is 0.0528. The molecule has 0 unspecified atom stereocenters. The van der Waals surface area contributed by atoms with Crippen molar-refractivity contribution in [3.05, 3.63) is 84.4 Å². The van der Waals surface area contributed by atoms with Crippen LogP contribution in [0.15, 0.2) is 83.8 Å². The van der Waals surface area contributed by atoms with Crippen molar-refractivity contribution in [2.45, 2.75) is 11.8 Å². The molecule has 0 radical (unpaired) electrons. The van der Waals surface area contributed by atoms with E-state index < -0.39 is 16.0 Å². The lowest BCUT2D eigenvalue weighted by atomic mass is 10.1. The molecule has 0 atom stereocenters. The lowest BCUT2D eigenvalue weighted by Gasteiger charge is -2.09. The number of anilines is 1. The SMILES string of the molecule is CCOC(=O)c1cc(-c2ccccc2)sc1NS(=O)(=O)c1ccc2ccccc2c1. The van der Waals surface area contributed by atoms with Crippen molar-refractivity contribution in [3.63, 3.8) is 0 Å². The summed E-state index contributed by atoms with van der Waals surface area (Å²) in [5, 5.41) is 2.01. The number of rotatable bonds is 6. The highest BCUT2D eigenvalue weighted by Gasteiger charge is 2.23. The van der Waals surface area contributed by atoms with Gasteiger partial charge < -0.3 is 4.74 Å². The quantitative estimate of drug-likeness (QED) is 0.402. The minimum absolute atomic E-state index is 0.130. The van der Waals surface area contributed by atoms with Crippen molar-refractivity contribution in [3.8, 4) is 10.4 Å². The van der Waals surface area contributed by atoms with E-state index >= 15 is 0 Å². The van der Waals surface area contributed by atoms with Crippen LogP contribution in [0.25, 0.3) is 21.2 Å². The number of ether oxygens (including phenoxy) is 1. The van der Waals surface area contributed by atoms with Crippen molar-refractivity contribution in [1.29, 1.82) is 0 Å². The highest BCUT2D eigenvalue weighted by Crippen LogP contribution is 2.37. The highest BCUT2D eigenvalue weighted by molar-refractivity contribution is 7.93. The first kappa shape index (κ1) is 20.1. The number of carbonyl (C=O) groups is 1. The fourth-order valence-electron chi connectivity index (χ4n) is 3.09. The van der Waals surface area contributed by atoms with Crippen LogP contribution < -0.4 is 4.72 Å². The summed E-state index contributed by atoms with van der Waals surface area (Å²) in [7, 11) is -3.89. The molecular formula is C23H19NO4S2. The maximum Gasteiger partial charge on any atom is 0.341 e. The fraction of sp³-hybridized carbons (Fsp3) is 0.0870. The van der Waals surface area contributed by atoms with Gasteiger partial charge in [-0.05, 0) is 41.5 Å². The predicted molar refractivity (Wildman–Crippen MR) is 120 cm³/mol. The van der Waals surface area contributed by atoms with Crippen LogP contribution in [0, 0.1) is 0 Å². The molecule has 152 valence electrons. The Morgan fingerprint density at radius 2 is 1.63 bits per heavy atom. The minimum Gasteiger partial charge on any atom is -0.462 e. The van der Waals surface area contributed by atoms with Crippen LogP contribution in [0.4, 0.5) is 5.00 Å². The lowest BCUT2D eigenvalue weighted by Crippen LogP contribution is -2.15. The molecule has 0 aliphatic heterocycles. The van der Waals surface area contributed by atoms with Gasteiger partial charge in [0, 0.05) is 4.88 Å². The first-order chi connectivity index (χ1) is 14.5. The summed E-state index contributed by atoms with van der Waals surface area (Å²) in [4.78, 5) is 13.4. The van der Waals surface area contributed by atoms with Gasteiger partial charge in [0.1, 0.15) is 5.00 Å². The molecule has 1 heterocycles. The van der Waals surface area contributed by atoms with Crippen LogP contribution in [0.1, 0.15) is 17.3 Å². The number of sulfonamides is 1. The largest absolute Gasteiger partial charge is 0.462 e. The van der Waals surface area contributed by atoms with Gasteiger partial charge in [-0.3, -0.25) is 4.72 Å². The monoisotopic (exact) mass is 437 g/mol. The van der Waals surface area contributed by atoms with Crippen LogP contribution in [0.3, 0.4) is 0 Å². The highest BCUT2D eigenvalue weighted by atomic mass is 32.2. The zero-order valence-corrected chi connectivity index (χ0v) is 17.8. The van der Waals surface area contributed by atoms with Crippen LogP contribution in [0.5, 0.6) is 0 Å². The zero-order valence-electron chi connectivity index (χ0n) is 16.2. The molecule has 5 nitrogen and oxygen atoms in total. The number of hydrogen-bond acceptors (Lipinski definition) is 5. The molecule has 4 rings (SSSR count). The van der Waals surface area contributed by atoms with Crippen LogP contribution in [-0.2, 0) is 14.8 Å². The Hall–Kier alpha value is -3.16. The standard InChI is InChI=1S/C23H19NO4S2/c1-2-28-23(25)20-15-21(17-9-4-3-5-10-17)29-22(20)24-30(26,27)19-13-12-16-8-6-7-11-18(16)14-19/h3-15,24H,2H2,1H3. The van der Waals surface area contributed by atoms with Gasteiger partial charge in [0.25, 0.3) is 10.0 Å². The van der Waals surface area contributed by atoms with E-state index in [-0.39, 0.29) is 22.1 Å². The van der Waals surface area contributed by atoms with Crippen molar-refractivity contribution in [2.75, 3.05) is 11.3 Å². The second-order valence-electron chi connectivity index (χ2n) is 6.55. The molecule has 1 aromatic heterocycles. The molecule has 0 saturated carbocycles. The molecule has 0 saturated heterocycles. The van der Waals surface area contributed by atoms with Crippen LogP contribution in [-0.4, -0.2) is 21.0 Å². The van der Waals surface area contributed by atoms with Crippen molar-refractivity contribution in [1.82, 2.24) is 0 Å². The summed E-state index contributed by atoms with van der Waals surface area (Å²) in [5.74, 6) is -0.563. The van der Waals surface area contributed by atoms with E-state index in [1.807, 2.05) is 54.6 Å². The summed E-state index contributed by atoms with van der Waals surface area (Å²) < 4.78 is 33.9. The van der Waals surface area contributed by atoms with Crippen molar-refractivity contribution in [2.24, 2.45) is 0 Å². The number of esters is 1. The van der Waals surface area contributed by atoms with E-state index in [9.17, 15) is 13.2 Å². The Balaban J connectivity index is 1.74. The van der Waals surface area contributed by atoms with Crippen molar-refractivity contribution < 1.29 is 17.9 Å². The molecule has 0 aliphatic rings. The van der Waals surface area contributed by atoms with Gasteiger partial charge in [-0.1, -0.05) is 60.7 Å². The number of carbonyl (C=O) groups excluding carboxylic acids is 1. The topological polar surface area (TPSA) is 72.5 Å². The molecule has 1 N–H and O–H groups in total. The van der Waals surface area contributed by atoms with Gasteiger partial charge in [-0.2, -0.15) is 0 Å². The van der Waals surface area contributed by atoms with E-state index in [0.29, 0.717) is 0 Å². The van der Waals surface area contributed by atoms with Gasteiger partial charge in [0.15, 0.2) is 0 Å². The van der Waals surface area contributed by atoms with E-state index in [1.165, 1.54) is 11.3 Å². The Kier molecular flexibility index (Phi) is 5.57. The smallest absolute Gasteiger partial charge is 0.341 e. The van der Waals surface area contributed by atoms with Crippen LogP contribution in [0.2, 0.25) is 0 Å². The van der Waals surface area contributed by atoms with Gasteiger partial charge in [-0.15, -0.1) is 11.3 Å². The maximum absolute atomic E-state index is 13.1. The third-order valence-electron chi connectivity index (χ3n) is 4.54. The molecule has 7 heteroatoms. The summed E-state index contributed by atoms with van der Waals surface area (Å²) in [5.41, 5.74) is 1.09. The Morgan fingerprint density at radius 3 is 2.37 bits per heavy atom. The van der Waals surface area contributed by atoms with E-state index in [0.717, 1.165) is 21.2 Å². The Labute approximate surface area is 179 Å². The average molecular weight is 438 g/mol. The molecule has 0 aliphatic carbocycles. The number of nitrogens with one attached hydrogen (secondary N) is 1. The molecule has 0 fully saturated rings. The van der Waals surface area contributed by atoms with Gasteiger partial charge in [0.2, 0.25) is 0 Å². The number of thiophene rings is 1. The minimum atomic E-state index is -3.89. The number of hydrogen-bond donors (Lipinski definition) is 1. The molecule has 0 amide bonds. The maximum atomic E-state index is 13.1. The zero-order chi connectivity index (χ0) is 21.1. The average Bonchev–Trinajstić information content (AvgIpc) is 3.17. The normalized spacial score (nSPS) is 11.4. The first-order valence-corrected chi connectivity index (χ1v) is 11.7. The third kappa shape index (κ3) is 4.08. The molecule has 3 aromatic carbocycles. The number of fused-ring (bicyclic) bond motifs is 1. The van der Waals surface area contributed by atoms with Gasteiger partial charge in [-0.25, -0.2) is 13.2 Å². The molecular weight excluding hydrogens is 418 g/mol. The Morgan fingerprint density at radius 1 is 0.933 bits per heavy atom. The van der Waals surface area contributed by atoms with Crippen molar-refractivity contribution >= 4 is 43.1 Å². The molecule has 30 heavy (non-hydrogen) atoms. The van der Waals surface area contributed by atoms with E-state index in [1.54, 1.807) is 31.2 Å². The summed E-state index contributed by atoms with van der Waals surface area (Å²) in [6, 6.07) is 23.6. The van der Waals surface area contributed by atoms with E-state index in [4.69, 9.17) is 4.74 Å². The summed E-state index contributed by atoms with van der Waals surface area (Å²) in [6.45, 7) is 1.91. The first-order valence-electron chi connectivity index (χ1n) is 9.36. The summed E-state index contributed by atoms with van der Waals surface area (Å²) >= 11 is 1.20. The summed E-state index contributed by atoms with van der Waals surface area (Å²) in [6.07, 6.45) is 0. The van der Waals surface area contributed by atoms with Gasteiger partial charge in [0.05, 0.1) is 17.1 Å². The second kappa shape index (κ2) is 8.30. The van der Waals surface area contributed by atoms with Gasteiger partial charge >= 0.3 is 5.97 Å². The second-order valence-corrected chi connectivity index (χ2v) is 9.29. The molecule has 0 bridgehead atoms. The fourth-order valence-corrected chi connectivity index (χ4v) is 5.49. The number of benzene rings is 3. The Bertz CT molecular complexity index is 1310. The van der Waals surface area contributed by atoms with Crippen LogP contribution >= 0.6 is 11.3 Å². The third-order valence-corrected chi connectivity index (χ3v) is 7.12.